The van der Waals surface area contributed by atoms with Gasteiger partial charge < -0.3 is 30.7 Å². The molecule has 0 unspecified atom stereocenters. The second-order valence-corrected chi connectivity index (χ2v) is 10.6. The minimum Gasteiger partial charge on any atom is -0.478 e. The highest BCUT2D eigenvalue weighted by atomic mass is 16.5. The number of carboxylic acids is 1. The number of piperidine rings is 1. The van der Waals surface area contributed by atoms with Gasteiger partial charge in [0.25, 0.3) is 0 Å². The summed E-state index contributed by atoms with van der Waals surface area (Å²) < 4.78 is 6.97. The number of esters is 1. The highest BCUT2D eigenvalue weighted by Crippen LogP contribution is 2.30. The Labute approximate surface area is 257 Å². The number of rotatable bonds is 8. The van der Waals surface area contributed by atoms with Crippen LogP contribution in [0.1, 0.15) is 33.6 Å². The number of carboxylic acid groups (broad SMARTS) is 1. The van der Waals surface area contributed by atoms with Gasteiger partial charge in [-0.15, -0.1) is 0 Å². The van der Waals surface area contributed by atoms with Crippen LogP contribution < -0.4 is 16.0 Å². The van der Waals surface area contributed by atoms with Gasteiger partial charge in [0.1, 0.15) is 18.6 Å². The molecule has 45 heavy (non-hydrogen) atoms. The maximum absolute atomic E-state index is 13.2. The fourth-order valence-corrected chi connectivity index (χ4v) is 5.40. The maximum Gasteiger partial charge on any atom is 0.338 e. The number of amides is 2. The van der Waals surface area contributed by atoms with Gasteiger partial charge in [-0.2, -0.15) is 5.26 Å². The number of likely N-dealkylation sites (N-methyl/N-ethyl adjacent to an activating group) is 1. The van der Waals surface area contributed by atoms with E-state index in [2.05, 4.69) is 15.3 Å². The smallest absolute Gasteiger partial charge is 0.338 e. The van der Waals surface area contributed by atoms with E-state index in [1.54, 1.807) is 42.3 Å². The molecule has 4 N–H and O–H groups in total. The molecule has 0 aliphatic carbocycles. The standard InChI is InChI=1S/C31H30N8O6/c1-37(25-16-38(26(40)8-11-32)12-9-21(25)17-45-30(43)20-5-2-6-22(33)14-20)27-24-10-13-39(28(24)35-18-34-27)31(44)36-23-7-3-4-19(15-23)29(41)42/h2-7,10,13-15,18,21,25H,8-9,12,16-17,33H2,1H3,(H,36,44)(H,41,42)/t21-,25-/m0/s1. The Balaban J connectivity index is 1.40. The van der Waals surface area contributed by atoms with Gasteiger partial charge in [0.2, 0.25) is 5.91 Å². The topological polar surface area (TPSA) is 197 Å². The summed E-state index contributed by atoms with van der Waals surface area (Å²) in [4.78, 5) is 62.3. The minimum atomic E-state index is -1.12. The summed E-state index contributed by atoms with van der Waals surface area (Å²) in [6.07, 6.45) is 3.10. The molecule has 2 amide bonds. The van der Waals surface area contributed by atoms with Crippen molar-refractivity contribution in [3.05, 3.63) is 78.2 Å². The first-order valence-corrected chi connectivity index (χ1v) is 14.0. The average Bonchev–Trinajstić information content (AvgIpc) is 3.48. The molecular formula is C31H30N8O6. The number of benzene rings is 2. The lowest BCUT2D eigenvalue weighted by atomic mass is 9.90. The van der Waals surface area contributed by atoms with Crippen LogP contribution in [0.25, 0.3) is 11.0 Å². The van der Waals surface area contributed by atoms with Crippen molar-refractivity contribution in [2.24, 2.45) is 5.92 Å². The normalized spacial score (nSPS) is 16.0. The zero-order valence-corrected chi connectivity index (χ0v) is 24.3. The number of ether oxygens (including phenoxy) is 1. The van der Waals surface area contributed by atoms with E-state index in [0.29, 0.717) is 46.8 Å². The molecule has 230 valence electrons. The number of hydrogen-bond donors (Lipinski definition) is 3. The fraction of sp³-hybridized carbons (Fsp3) is 0.258. The molecule has 2 aromatic carbocycles. The highest BCUT2D eigenvalue weighted by Gasteiger charge is 2.36. The predicted molar refractivity (Wildman–Crippen MR) is 164 cm³/mol. The van der Waals surface area contributed by atoms with Crippen molar-refractivity contribution in [3.8, 4) is 6.07 Å². The van der Waals surface area contributed by atoms with Crippen LogP contribution in [0.5, 0.6) is 0 Å². The second kappa shape index (κ2) is 13.1. The zero-order valence-electron chi connectivity index (χ0n) is 24.3. The Hall–Kier alpha value is -5.97. The number of carbonyl (C=O) groups excluding carboxylic acids is 3. The molecule has 1 fully saturated rings. The lowest BCUT2D eigenvalue weighted by Gasteiger charge is -2.43. The van der Waals surface area contributed by atoms with E-state index in [9.17, 15) is 24.3 Å². The van der Waals surface area contributed by atoms with E-state index < -0.39 is 18.0 Å². The lowest BCUT2D eigenvalue weighted by molar-refractivity contribution is -0.132. The number of nitriles is 1. The number of carbonyl (C=O) groups is 4. The molecule has 5 rings (SSSR count). The van der Waals surface area contributed by atoms with Crippen molar-refractivity contribution >= 4 is 52.1 Å². The maximum atomic E-state index is 13.2. The number of aromatic carboxylic acids is 1. The van der Waals surface area contributed by atoms with Gasteiger partial charge in [0, 0.05) is 43.6 Å². The van der Waals surface area contributed by atoms with E-state index in [-0.39, 0.29) is 43.0 Å². The fourth-order valence-electron chi connectivity index (χ4n) is 5.40. The van der Waals surface area contributed by atoms with E-state index >= 15 is 0 Å². The highest BCUT2D eigenvalue weighted by molar-refractivity contribution is 6.00. The summed E-state index contributed by atoms with van der Waals surface area (Å²) >= 11 is 0. The average molecular weight is 611 g/mol. The van der Waals surface area contributed by atoms with Crippen LogP contribution in [-0.4, -0.2) is 81.2 Å². The van der Waals surface area contributed by atoms with E-state index in [4.69, 9.17) is 15.7 Å². The molecule has 4 aromatic rings. The summed E-state index contributed by atoms with van der Waals surface area (Å²) in [6, 6.07) is 15.0. The van der Waals surface area contributed by atoms with E-state index in [1.165, 1.54) is 41.4 Å². The van der Waals surface area contributed by atoms with Gasteiger partial charge in [0.15, 0.2) is 5.65 Å². The number of likely N-dealkylation sites (tertiary alicyclic amines) is 1. The molecule has 0 spiro atoms. The minimum absolute atomic E-state index is 0.0271. The number of aromatic nitrogens is 3. The Kier molecular flexibility index (Phi) is 8.89. The monoisotopic (exact) mass is 610 g/mol. The molecule has 0 radical (unpaired) electrons. The van der Waals surface area contributed by atoms with Crippen molar-refractivity contribution in [2.45, 2.75) is 18.9 Å². The molecule has 3 heterocycles. The van der Waals surface area contributed by atoms with Crippen molar-refractivity contribution in [2.75, 3.05) is 42.7 Å². The third kappa shape index (κ3) is 6.67. The first kappa shape index (κ1) is 30.5. The number of nitrogens with one attached hydrogen (secondary N) is 1. The third-order valence-electron chi connectivity index (χ3n) is 7.73. The predicted octanol–water partition coefficient (Wildman–Crippen LogP) is 3.22. The molecule has 2 aromatic heterocycles. The van der Waals surface area contributed by atoms with Gasteiger partial charge in [0.05, 0.1) is 35.2 Å². The lowest BCUT2D eigenvalue weighted by Crippen LogP contribution is -2.54. The Morgan fingerprint density at radius 2 is 1.91 bits per heavy atom. The summed E-state index contributed by atoms with van der Waals surface area (Å²) in [6.45, 7) is 0.713. The number of hydrogen-bond acceptors (Lipinski definition) is 10. The van der Waals surface area contributed by atoms with Crippen LogP contribution in [0.3, 0.4) is 0 Å². The largest absolute Gasteiger partial charge is 0.478 e. The van der Waals surface area contributed by atoms with Crippen LogP contribution >= 0.6 is 0 Å². The van der Waals surface area contributed by atoms with Gasteiger partial charge in [-0.1, -0.05) is 12.1 Å². The van der Waals surface area contributed by atoms with Crippen molar-refractivity contribution < 1.29 is 29.0 Å². The molecule has 1 aliphatic heterocycles. The van der Waals surface area contributed by atoms with Gasteiger partial charge in [-0.05, 0) is 48.9 Å². The quantitative estimate of drug-likeness (QED) is 0.196. The molecule has 14 heteroatoms. The van der Waals surface area contributed by atoms with E-state index in [0.717, 1.165) is 0 Å². The van der Waals surface area contributed by atoms with Crippen LogP contribution in [0, 0.1) is 17.2 Å². The Morgan fingerprint density at radius 3 is 2.67 bits per heavy atom. The number of nitrogens with zero attached hydrogens (tertiary/aromatic N) is 6. The first-order valence-electron chi connectivity index (χ1n) is 14.0. The molecule has 14 nitrogen and oxygen atoms in total. The summed E-state index contributed by atoms with van der Waals surface area (Å²) in [5.41, 5.74) is 7.21. The second-order valence-electron chi connectivity index (χ2n) is 10.6. The Morgan fingerprint density at radius 1 is 1.13 bits per heavy atom. The SMILES string of the molecule is CN(c1ncnc2c1ccn2C(=O)Nc1cccc(C(=O)O)c1)[C@H]1CN(C(=O)CC#N)CC[C@H]1COC(=O)c1cccc(N)c1. The summed E-state index contributed by atoms with van der Waals surface area (Å²) in [7, 11) is 1.80. The van der Waals surface area contributed by atoms with Crippen molar-refractivity contribution in [3.63, 3.8) is 0 Å². The van der Waals surface area contributed by atoms with Gasteiger partial charge in [-0.3, -0.25) is 9.36 Å². The Bertz CT molecular complexity index is 1820. The van der Waals surface area contributed by atoms with E-state index in [1.807, 2.05) is 11.0 Å². The van der Waals surface area contributed by atoms with Crippen molar-refractivity contribution in [1.29, 1.82) is 5.26 Å². The van der Waals surface area contributed by atoms with Gasteiger partial charge >= 0.3 is 18.0 Å². The molecular weight excluding hydrogens is 580 g/mol. The van der Waals surface area contributed by atoms with Crippen LogP contribution in [0.2, 0.25) is 0 Å². The molecule has 1 aliphatic rings. The van der Waals surface area contributed by atoms with Crippen LogP contribution in [0.15, 0.2) is 67.1 Å². The number of nitrogens with two attached hydrogens (primary N) is 1. The van der Waals surface area contributed by atoms with Crippen molar-refractivity contribution in [1.82, 2.24) is 19.4 Å². The number of anilines is 3. The molecule has 1 saturated heterocycles. The number of fused-ring (bicyclic) bond motifs is 1. The molecule has 0 bridgehead atoms. The van der Waals surface area contributed by atoms with Crippen LogP contribution in [-0.2, 0) is 9.53 Å². The third-order valence-corrected chi connectivity index (χ3v) is 7.73. The number of nitrogen functional groups attached to an aromatic ring is 1. The van der Waals surface area contributed by atoms with Crippen LogP contribution in [0.4, 0.5) is 22.0 Å². The molecule has 0 saturated carbocycles. The first-order chi connectivity index (χ1) is 21.7. The summed E-state index contributed by atoms with van der Waals surface area (Å²) in [5, 5.41) is 21.6. The van der Waals surface area contributed by atoms with Gasteiger partial charge in [-0.25, -0.2) is 24.4 Å². The molecule has 2 atom stereocenters. The summed E-state index contributed by atoms with van der Waals surface area (Å²) in [5.74, 6) is -1.66. The zero-order chi connectivity index (χ0) is 32.1.